The van der Waals surface area contributed by atoms with Crippen LogP contribution in [0.5, 0.6) is 0 Å². The van der Waals surface area contributed by atoms with E-state index >= 15 is 0 Å². The number of carbonyl (C=O) groups is 12. The summed E-state index contributed by atoms with van der Waals surface area (Å²) in [7, 11) is 0. The molecule has 133 heavy (non-hydrogen) atoms. The number of ketones is 5. The molecule has 0 radical (unpaired) electrons. The summed E-state index contributed by atoms with van der Waals surface area (Å²) in [6, 6.07) is 28.2. The van der Waals surface area contributed by atoms with Crippen LogP contribution in [0.1, 0.15) is 334 Å². The summed E-state index contributed by atoms with van der Waals surface area (Å²) >= 11 is 7.08. The number of unbranched alkanes of at least 4 members (excludes halogenated alkanes) is 1. The zero-order chi connectivity index (χ0) is 101. The first-order valence-corrected chi connectivity index (χ1v) is 53.8. The van der Waals surface area contributed by atoms with Gasteiger partial charge in [-0.1, -0.05) is 225 Å². The van der Waals surface area contributed by atoms with Crippen LogP contribution < -0.4 is 37.6 Å². The summed E-state index contributed by atoms with van der Waals surface area (Å²) in [4.78, 5) is 148. The molecule has 8 N–H and O–H groups in total. The minimum absolute atomic E-state index is 0.00548. The maximum atomic E-state index is 13.0. The molecule has 22 nitrogen and oxygen atoms in total. The molecular formula is C107H183N9O13S4. The fourth-order valence-electron chi connectivity index (χ4n) is 14.8. The van der Waals surface area contributed by atoms with Gasteiger partial charge < -0.3 is 42.4 Å². The van der Waals surface area contributed by atoms with Crippen LogP contribution in [0.2, 0.25) is 0 Å². The number of alkyl carbamates (subject to hydrolysis) is 1. The predicted molar refractivity (Wildman–Crippen MR) is 562 cm³/mol. The Labute approximate surface area is 823 Å². The van der Waals surface area contributed by atoms with Crippen molar-refractivity contribution in [3.8, 4) is 0 Å². The van der Waals surface area contributed by atoms with E-state index in [-0.39, 0.29) is 154 Å². The van der Waals surface area contributed by atoms with Crippen molar-refractivity contribution < 1.29 is 62.3 Å². The summed E-state index contributed by atoms with van der Waals surface area (Å²) in [6.07, 6.45) is 13.9. The summed E-state index contributed by atoms with van der Waals surface area (Å²) in [5.74, 6) is 3.41. The Morgan fingerprint density at radius 1 is 0.444 bits per heavy atom. The van der Waals surface area contributed by atoms with Gasteiger partial charge in [0.1, 0.15) is 29.7 Å². The Kier molecular flexibility index (Phi) is 67.7. The first-order valence-electron chi connectivity index (χ1n) is 49.9. The number of amides is 7. The average molecular weight is 1930 g/mol. The number of Topliss-reactive ketones (excluding diaryl/α,β-unsaturated/α-hetero) is 5. The smallest absolute Gasteiger partial charge is 0.407 e. The van der Waals surface area contributed by atoms with Crippen molar-refractivity contribution in [1.82, 2.24) is 36.4 Å². The zero-order valence-corrected chi connectivity index (χ0v) is 91.0. The molecule has 7 atom stereocenters. The predicted octanol–water partition coefficient (Wildman–Crippen LogP) is 21.3. The van der Waals surface area contributed by atoms with Crippen LogP contribution in [-0.4, -0.2) is 191 Å². The molecule has 0 aromatic heterocycles. The van der Waals surface area contributed by atoms with Gasteiger partial charge in [-0.3, -0.25) is 62.5 Å². The molecule has 2 aliphatic heterocycles. The van der Waals surface area contributed by atoms with E-state index in [2.05, 4.69) is 122 Å². The number of hydrogen-bond acceptors (Lipinski definition) is 21. The number of carbonyl (C=O) groups excluding carboxylic acids is 12. The van der Waals surface area contributed by atoms with Crippen molar-refractivity contribution in [3.63, 3.8) is 0 Å². The number of hydrogen-bond donors (Lipinski definition) is 7. The molecule has 3 aromatic carbocycles. The lowest BCUT2D eigenvalue weighted by Crippen LogP contribution is -2.44. The number of nitrogens with one attached hydrogen (secondary N) is 6. The molecule has 3 aromatic rings. The lowest BCUT2D eigenvalue weighted by molar-refractivity contribution is -0.140. The first-order chi connectivity index (χ1) is 62.3. The SMILES string of the molecule is CC(C)CCCN1C(=O)CC(SC(C)C)C1=O.CC(C)NC(=O)C(CC(=O)C(C)NC(C)C)Cc1ccccc1.CC(C)NC(=O)C(CC(=O)C(CCCCN)NC(C)C)Cc1ccccc1.CC(C)NC(=O)OCc1ccc(NC(C)C)cc1.CC(C)SC(C)CCC(=O)C(C)C.CC(C)SC1CC(=O)N(CC2CCC(C(=O)C(C)C)CC2)C1=O.CC(C)SCCCC(=O)C(C)C. The number of likely N-dealkylation sites (tertiary alicyclic amines) is 2. The van der Waals surface area contributed by atoms with E-state index in [1.54, 1.807) is 23.5 Å². The van der Waals surface area contributed by atoms with E-state index < -0.39 is 0 Å². The molecule has 758 valence electrons. The molecule has 2 saturated heterocycles. The number of imide groups is 2. The minimum atomic E-state index is -0.380. The van der Waals surface area contributed by atoms with Gasteiger partial charge in [0.2, 0.25) is 35.4 Å². The molecule has 2 heterocycles. The van der Waals surface area contributed by atoms with Crippen LogP contribution in [0.25, 0.3) is 0 Å². The van der Waals surface area contributed by atoms with Gasteiger partial charge in [0, 0.05) is 134 Å². The molecule has 6 rings (SSSR count). The second-order valence-corrected chi connectivity index (χ2v) is 47.4. The summed E-state index contributed by atoms with van der Waals surface area (Å²) < 4.78 is 5.09. The minimum Gasteiger partial charge on any atom is -0.445 e. The van der Waals surface area contributed by atoms with Gasteiger partial charge in [0.15, 0.2) is 5.78 Å². The van der Waals surface area contributed by atoms with E-state index in [0.29, 0.717) is 113 Å². The van der Waals surface area contributed by atoms with Crippen molar-refractivity contribution in [1.29, 1.82) is 0 Å². The molecular weight excluding hydrogens is 1750 g/mol. The number of nitrogens with zero attached hydrogens (tertiary/aromatic N) is 2. The van der Waals surface area contributed by atoms with Gasteiger partial charge in [0.25, 0.3) is 0 Å². The van der Waals surface area contributed by atoms with Gasteiger partial charge in [0.05, 0.1) is 22.6 Å². The highest BCUT2D eigenvalue weighted by atomic mass is 32.2. The van der Waals surface area contributed by atoms with Gasteiger partial charge in [-0.15, -0.1) is 23.5 Å². The Balaban J connectivity index is 0.00000155. The highest BCUT2D eigenvalue weighted by Crippen LogP contribution is 2.35. The Morgan fingerprint density at radius 3 is 1.33 bits per heavy atom. The third-order valence-corrected chi connectivity index (χ3v) is 26.5. The molecule has 7 unspecified atom stereocenters. The van der Waals surface area contributed by atoms with Crippen LogP contribution in [0.4, 0.5) is 10.5 Å². The van der Waals surface area contributed by atoms with Crippen LogP contribution in [0.3, 0.4) is 0 Å². The number of benzene rings is 3. The molecule has 1 saturated carbocycles. The second-order valence-electron chi connectivity index (χ2n) is 40.1. The number of anilines is 1. The van der Waals surface area contributed by atoms with E-state index in [0.717, 1.165) is 112 Å². The quantitative estimate of drug-likeness (QED) is 0.0204. The third kappa shape index (κ3) is 60.8. The van der Waals surface area contributed by atoms with Gasteiger partial charge in [-0.25, -0.2) is 4.79 Å². The van der Waals surface area contributed by atoms with Crippen molar-refractivity contribution in [2.24, 2.45) is 53.1 Å². The standard InChI is InChI=1S/C22H37N3O2.C19H30N2O2.C18H29NO3S.C14H22N2O2.C13H23NO2S.C11H22OS.C10H20OS/c1-16(2)24-20(12-8-9-13-23)21(26)15-19(22(27)25-17(3)4)14-18-10-6-5-7-11-18;1-13(2)20-15(5)18(22)12-17(19(23)21-14(3)4)11-16-9-7-6-8-10-16;1-11(2)17(21)14-7-5-13(6-8-14)10-19-16(20)9-15(18(19)22)23-12(3)4;1-10(2)15-13-7-5-12(6-8-13)9-18-14(17)16-11(3)4;1-9(2)6-5-7-14-12(15)8-11(13(14)16)17-10(3)4;1-8(2)11(12)7-6-10(5)13-9(3)4;1-8(2)10(11)6-5-7-12-9(3)4/h5-7,10-11,16-17,19-20,24H,8-9,12-15,23H2,1-4H3,(H,25,27);6-10,13-15,17,20H,11-12H2,1-5H3,(H,21,23);11-15H,5-10H2,1-4H3;5-8,10-11,15H,9H2,1-4H3,(H,16,17);9-11H,5-8H2,1-4H3;8-10H,6-7H2,1-5H3;8-9H,5-7H2,1-4H3. The van der Waals surface area contributed by atoms with Crippen molar-refractivity contribution in [2.75, 3.05) is 30.7 Å². The first kappa shape index (κ1) is 127. The number of ether oxygens (including phenoxy) is 1. The molecule has 3 aliphatic rings. The number of nitrogens with two attached hydrogens (primary N) is 1. The lowest BCUT2D eigenvalue weighted by atomic mass is 9.77. The van der Waals surface area contributed by atoms with Crippen LogP contribution in [0, 0.1) is 47.3 Å². The average Bonchev–Trinajstić information content (AvgIpc) is 1.72. The number of thioether (sulfide) groups is 4. The summed E-state index contributed by atoms with van der Waals surface area (Å²) in [5, 5.41) is 20.9. The Morgan fingerprint density at radius 2 is 0.910 bits per heavy atom. The van der Waals surface area contributed by atoms with E-state index in [4.69, 9.17) is 10.5 Å². The second kappa shape index (κ2) is 71.1. The van der Waals surface area contributed by atoms with Gasteiger partial charge in [-0.05, 0) is 213 Å². The molecule has 26 heteroatoms. The van der Waals surface area contributed by atoms with Crippen LogP contribution in [-0.2, 0) is 76.9 Å². The largest absolute Gasteiger partial charge is 0.445 e. The van der Waals surface area contributed by atoms with Crippen molar-refractivity contribution in [2.45, 2.75) is 421 Å². The molecule has 0 bridgehead atoms. The maximum Gasteiger partial charge on any atom is 0.407 e. The lowest BCUT2D eigenvalue weighted by Gasteiger charge is -2.30. The van der Waals surface area contributed by atoms with E-state index in [9.17, 15) is 57.5 Å². The van der Waals surface area contributed by atoms with Gasteiger partial charge in [-0.2, -0.15) is 23.5 Å². The maximum absolute atomic E-state index is 13.0. The highest BCUT2D eigenvalue weighted by Gasteiger charge is 2.42. The monoisotopic (exact) mass is 1930 g/mol. The molecule has 1 aliphatic carbocycles. The molecule has 3 fully saturated rings. The molecule has 7 amide bonds. The highest BCUT2D eigenvalue weighted by molar-refractivity contribution is 8.01. The van der Waals surface area contributed by atoms with Gasteiger partial charge >= 0.3 is 6.09 Å². The van der Waals surface area contributed by atoms with E-state index in [1.165, 1.54) is 9.80 Å². The van der Waals surface area contributed by atoms with Crippen molar-refractivity contribution in [3.05, 3.63) is 102 Å². The summed E-state index contributed by atoms with van der Waals surface area (Å²) in [6.45, 7) is 63.1. The van der Waals surface area contributed by atoms with Crippen molar-refractivity contribution >= 4 is 123 Å². The number of rotatable bonds is 51. The topological polar surface area (TPSA) is 319 Å². The third-order valence-electron chi connectivity index (χ3n) is 21.6. The van der Waals surface area contributed by atoms with Crippen LogP contribution in [0.15, 0.2) is 84.9 Å². The zero-order valence-electron chi connectivity index (χ0n) is 87.7. The fourth-order valence-corrected chi connectivity index (χ4v) is 19.1. The Hall–Kier alpha value is -6.42. The molecule has 0 spiro atoms. The van der Waals surface area contributed by atoms with E-state index in [1.807, 2.05) is 226 Å². The summed E-state index contributed by atoms with van der Waals surface area (Å²) in [5.41, 5.74) is 9.78. The Bertz CT molecular complexity index is 3780. The van der Waals surface area contributed by atoms with Crippen LogP contribution >= 0.6 is 47.0 Å². The fraction of sp³-hybridized carbons (Fsp3) is 0.720. The normalized spacial score (nSPS) is 16.6.